The van der Waals surface area contributed by atoms with Gasteiger partial charge in [0, 0.05) is 41.4 Å². The summed E-state index contributed by atoms with van der Waals surface area (Å²) in [5, 5.41) is 17.6. The van der Waals surface area contributed by atoms with Gasteiger partial charge >= 0.3 is 0 Å². The first-order valence-electron chi connectivity index (χ1n) is 12.6. The van der Waals surface area contributed by atoms with E-state index in [4.69, 9.17) is 9.73 Å². The fourth-order valence-corrected chi connectivity index (χ4v) is 5.68. The number of aliphatic imine (C=N–C) groups is 1. The fraction of sp³-hybridized carbons (Fsp3) is 0.207. The number of fused-ring (bicyclic) bond motifs is 1. The smallest absolute Gasteiger partial charge is 0.269 e. The summed E-state index contributed by atoms with van der Waals surface area (Å²) in [5.74, 6) is 1.05. The van der Waals surface area contributed by atoms with E-state index >= 15 is 0 Å². The van der Waals surface area contributed by atoms with E-state index in [1.54, 1.807) is 55.3 Å². The predicted octanol–water partition coefficient (Wildman–Crippen LogP) is 5.62. The molecule has 2 aliphatic heterocycles. The number of amides is 2. The molecule has 5 rings (SSSR count). The van der Waals surface area contributed by atoms with Gasteiger partial charge in [-0.1, -0.05) is 23.9 Å². The molecule has 40 heavy (non-hydrogen) atoms. The molecule has 2 N–H and O–H groups in total. The lowest BCUT2D eigenvalue weighted by Crippen LogP contribution is -2.43. The lowest BCUT2D eigenvalue weighted by molar-refractivity contribution is -0.384. The molecule has 0 aromatic heterocycles. The van der Waals surface area contributed by atoms with Gasteiger partial charge in [0.2, 0.25) is 0 Å². The number of ether oxygens (including phenoxy) is 1. The van der Waals surface area contributed by atoms with Gasteiger partial charge in [0.15, 0.2) is 5.17 Å². The van der Waals surface area contributed by atoms with Gasteiger partial charge in [0.05, 0.1) is 29.3 Å². The second kappa shape index (κ2) is 11.6. The van der Waals surface area contributed by atoms with E-state index in [0.29, 0.717) is 34.0 Å². The van der Waals surface area contributed by atoms with Crippen LogP contribution in [0.25, 0.3) is 0 Å². The molecule has 0 spiro atoms. The fourth-order valence-electron chi connectivity index (χ4n) is 4.66. The average Bonchev–Trinajstić information content (AvgIpc) is 2.97. The van der Waals surface area contributed by atoms with E-state index in [1.165, 1.54) is 24.3 Å². The first-order valence-corrected chi connectivity index (χ1v) is 13.6. The molecule has 0 radical (unpaired) electrons. The number of amidine groups is 1. The third kappa shape index (κ3) is 5.69. The van der Waals surface area contributed by atoms with E-state index in [2.05, 4.69) is 15.5 Å². The maximum Gasteiger partial charge on any atom is 0.269 e. The van der Waals surface area contributed by atoms with Crippen molar-refractivity contribution in [3.05, 3.63) is 105 Å². The highest BCUT2D eigenvalue weighted by Crippen LogP contribution is 2.40. The molecule has 1 atom stereocenters. The Morgan fingerprint density at radius 1 is 0.975 bits per heavy atom. The Hall–Kier alpha value is -4.64. The van der Waals surface area contributed by atoms with Crippen molar-refractivity contribution in [1.82, 2.24) is 4.90 Å². The number of benzene rings is 3. The van der Waals surface area contributed by atoms with Crippen molar-refractivity contribution < 1.29 is 19.2 Å². The Morgan fingerprint density at radius 2 is 1.60 bits per heavy atom. The molecule has 3 aromatic rings. The monoisotopic (exact) mass is 557 g/mol. The average molecular weight is 558 g/mol. The van der Waals surface area contributed by atoms with Crippen LogP contribution < -0.4 is 15.4 Å². The number of anilines is 2. The second-order valence-corrected chi connectivity index (χ2v) is 10.3. The van der Waals surface area contributed by atoms with E-state index in [1.807, 2.05) is 19.1 Å². The first-order chi connectivity index (χ1) is 19.3. The number of rotatable bonds is 7. The van der Waals surface area contributed by atoms with Gasteiger partial charge in [-0.15, -0.1) is 0 Å². The standard InChI is InChI=1S/C29H27N5O5S/c1-18-25(28(36)32-22-10-14-24(39-2)15-11-22)26(33-16-3-17-40-29(33)30-18)19-4-8-21(9-5-19)31-27(35)20-6-12-23(13-7-20)34(37)38/h4-15,26H,3,16-17H2,1-2H3,(H,31,35)(H,32,36). The molecule has 3 aromatic carbocycles. The Balaban J connectivity index is 1.39. The Bertz CT molecular complexity index is 1500. The molecule has 2 aliphatic rings. The van der Waals surface area contributed by atoms with Crippen LogP contribution in [0.2, 0.25) is 0 Å². The van der Waals surface area contributed by atoms with Crippen LogP contribution in [0, 0.1) is 10.1 Å². The number of nitro groups is 1. The number of hydrogen-bond acceptors (Lipinski definition) is 8. The maximum atomic E-state index is 13.6. The SMILES string of the molecule is COc1ccc(NC(=O)C2=C(C)N=C3SCCCN3C2c2ccc(NC(=O)c3ccc([N+](=O)[O-])cc3)cc2)cc1. The summed E-state index contributed by atoms with van der Waals surface area (Å²) in [7, 11) is 1.59. The number of nitro benzene ring substituents is 1. The molecule has 10 nitrogen and oxygen atoms in total. The number of hydrogen-bond donors (Lipinski definition) is 2. The predicted molar refractivity (Wildman–Crippen MR) is 156 cm³/mol. The number of methoxy groups -OCH3 is 1. The minimum Gasteiger partial charge on any atom is -0.497 e. The highest BCUT2D eigenvalue weighted by Gasteiger charge is 2.37. The Morgan fingerprint density at radius 3 is 2.23 bits per heavy atom. The largest absolute Gasteiger partial charge is 0.497 e. The van der Waals surface area contributed by atoms with Gasteiger partial charge in [-0.2, -0.15) is 0 Å². The lowest BCUT2D eigenvalue weighted by Gasteiger charge is -2.41. The molecule has 0 aliphatic carbocycles. The van der Waals surface area contributed by atoms with Crippen LogP contribution in [0.15, 0.2) is 89.1 Å². The van der Waals surface area contributed by atoms with Crippen LogP contribution in [-0.4, -0.2) is 46.2 Å². The van der Waals surface area contributed by atoms with Gasteiger partial charge in [-0.25, -0.2) is 4.99 Å². The zero-order chi connectivity index (χ0) is 28.2. The number of nitrogens with zero attached hydrogens (tertiary/aromatic N) is 3. The molecular weight excluding hydrogens is 530 g/mol. The zero-order valence-electron chi connectivity index (χ0n) is 21.9. The van der Waals surface area contributed by atoms with Crippen molar-refractivity contribution in [3.8, 4) is 5.75 Å². The van der Waals surface area contributed by atoms with Crippen LogP contribution >= 0.6 is 11.8 Å². The summed E-state index contributed by atoms with van der Waals surface area (Å²) in [5.41, 5.74) is 3.55. The van der Waals surface area contributed by atoms with Crippen LogP contribution in [0.4, 0.5) is 17.1 Å². The first kappa shape index (κ1) is 26.9. The van der Waals surface area contributed by atoms with Crippen molar-refractivity contribution in [3.63, 3.8) is 0 Å². The maximum absolute atomic E-state index is 13.6. The molecule has 11 heteroatoms. The number of carbonyl (C=O) groups is 2. The molecule has 204 valence electrons. The van der Waals surface area contributed by atoms with Crippen molar-refractivity contribution >= 4 is 45.8 Å². The van der Waals surface area contributed by atoms with Crippen LogP contribution in [-0.2, 0) is 4.79 Å². The third-order valence-corrected chi connectivity index (χ3v) is 7.75. The third-order valence-electron chi connectivity index (χ3n) is 6.68. The quantitative estimate of drug-likeness (QED) is 0.285. The van der Waals surface area contributed by atoms with E-state index in [-0.39, 0.29) is 23.5 Å². The topological polar surface area (TPSA) is 126 Å². The van der Waals surface area contributed by atoms with Gasteiger partial charge in [-0.3, -0.25) is 19.7 Å². The van der Waals surface area contributed by atoms with E-state index in [9.17, 15) is 19.7 Å². The van der Waals surface area contributed by atoms with Crippen molar-refractivity contribution in [2.75, 3.05) is 30.0 Å². The Kier molecular flexibility index (Phi) is 7.83. The normalized spacial score (nSPS) is 16.5. The van der Waals surface area contributed by atoms with E-state index in [0.717, 1.165) is 29.4 Å². The highest BCUT2D eigenvalue weighted by molar-refractivity contribution is 8.13. The molecule has 1 unspecified atom stereocenters. The molecule has 0 saturated carbocycles. The minimum atomic E-state index is -0.510. The van der Waals surface area contributed by atoms with Crippen LogP contribution in [0.3, 0.4) is 0 Å². The number of thioether (sulfide) groups is 1. The number of nitrogens with one attached hydrogen (secondary N) is 2. The molecular formula is C29H27N5O5S. The second-order valence-electron chi connectivity index (χ2n) is 9.25. The van der Waals surface area contributed by atoms with Gasteiger partial charge in [0.1, 0.15) is 5.75 Å². The molecule has 2 amide bonds. The highest BCUT2D eigenvalue weighted by atomic mass is 32.2. The van der Waals surface area contributed by atoms with Gasteiger partial charge in [0.25, 0.3) is 17.5 Å². The molecule has 1 fully saturated rings. The summed E-state index contributed by atoms with van der Waals surface area (Å²) in [6.45, 7) is 2.62. The van der Waals surface area contributed by atoms with E-state index < -0.39 is 4.92 Å². The lowest BCUT2D eigenvalue weighted by atomic mass is 9.93. The minimum absolute atomic E-state index is 0.0812. The molecule has 2 heterocycles. The van der Waals surface area contributed by atoms with Gasteiger partial charge < -0.3 is 20.3 Å². The summed E-state index contributed by atoms with van der Waals surface area (Å²) in [6, 6.07) is 19.6. The summed E-state index contributed by atoms with van der Waals surface area (Å²) < 4.78 is 5.21. The summed E-state index contributed by atoms with van der Waals surface area (Å²) in [6.07, 6.45) is 0.968. The molecule has 1 saturated heterocycles. The number of allylic oxidation sites excluding steroid dienone is 1. The summed E-state index contributed by atoms with van der Waals surface area (Å²) >= 11 is 1.68. The zero-order valence-corrected chi connectivity index (χ0v) is 22.7. The molecule has 0 bridgehead atoms. The van der Waals surface area contributed by atoms with Crippen LogP contribution in [0.5, 0.6) is 5.75 Å². The van der Waals surface area contributed by atoms with Crippen molar-refractivity contribution in [1.29, 1.82) is 0 Å². The number of non-ortho nitro benzene ring substituents is 1. The van der Waals surface area contributed by atoms with Crippen LogP contribution in [0.1, 0.15) is 35.3 Å². The Labute approximate surface area is 235 Å². The van der Waals surface area contributed by atoms with Crippen molar-refractivity contribution in [2.24, 2.45) is 4.99 Å². The summed E-state index contributed by atoms with van der Waals surface area (Å²) in [4.78, 5) is 43.6. The van der Waals surface area contributed by atoms with Crippen molar-refractivity contribution in [2.45, 2.75) is 19.4 Å². The number of carbonyl (C=O) groups excluding carboxylic acids is 2. The van der Waals surface area contributed by atoms with Gasteiger partial charge in [-0.05, 0) is 67.4 Å².